The van der Waals surface area contributed by atoms with Crippen molar-refractivity contribution in [3.8, 4) is 0 Å². The Bertz CT molecular complexity index is 351. The predicted octanol–water partition coefficient (Wildman–Crippen LogP) is 2.73. The molecule has 0 amide bonds. The molecule has 92 valence electrons. The van der Waals surface area contributed by atoms with E-state index in [9.17, 15) is 0 Å². The highest BCUT2D eigenvalue weighted by Gasteiger charge is 2.39. The van der Waals surface area contributed by atoms with Crippen LogP contribution in [0.4, 0.5) is 0 Å². The molecule has 2 fully saturated rings. The van der Waals surface area contributed by atoms with Gasteiger partial charge in [0.25, 0.3) is 0 Å². The first kappa shape index (κ1) is 11.2. The number of nitrogens with one attached hydrogen (secondary N) is 1. The molecule has 2 bridgehead atoms. The topological polar surface area (TPSA) is 21.3 Å². The molecule has 0 aliphatic carbocycles. The molecule has 0 aromatic heterocycles. The molecule has 2 aliphatic rings. The summed E-state index contributed by atoms with van der Waals surface area (Å²) in [5.74, 6) is 0.817. The molecule has 2 heteroatoms. The molecule has 17 heavy (non-hydrogen) atoms. The van der Waals surface area contributed by atoms with Crippen molar-refractivity contribution in [3.05, 3.63) is 35.9 Å². The van der Waals surface area contributed by atoms with Gasteiger partial charge < -0.3 is 10.1 Å². The highest BCUT2D eigenvalue weighted by atomic mass is 16.5. The molecule has 2 heterocycles. The molecule has 3 unspecified atom stereocenters. The van der Waals surface area contributed by atoms with Gasteiger partial charge in [0.1, 0.15) is 0 Å². The van der Waals surface area contributed by atoms with Crippen molar-refractivity contribution in [2.24, 2.45) is 5.92 Å². The Hall–Kier alpha value is -0.860. The van der Waals surface area contributed by atoms with Gasteiger partial charge in [-0.2, -0.15) is 0 Å². The van der Waals surface area contributed by atoms with E-state index in [2.05, 4.69) is 35.6 Å². The summed E-state index contributed by atoms with van der Waals surface area (Å²) in [6, 6.07) is 10.6. The normalized spacial score (nSPS) is 30.9. The van der Waals surface area contributed by atoms with Gasteiger partial charge in [0.15, 0.2) is 0 Å². The molecular formula is C15H21NO. The standard InChI is InChI=1S/C15H21NO/c1-2-4-12(5-3-1)11-16-9-8-13-10-14-6-7-15(13)17-14/h1-5,13-16H,6-11H2. The van der Waals surface area contributed by atoms with Crippen LogP contribution < -0.4 is 5.32 Å². The van der Waals surface area contributed by atoms with E-state index in [1.54, 1.807) is 0 Å². The van der Waals surface area contributed by atoms with E-state index in [-0.39, 0.29) is 0 Å². The quantitative estimate of drug-likeness (QED) is 0.787. The van der Waals surface area contributed by atoms with E-state index >= 15 is 0 Å². The third-order valence-corrected chi connectivity index (χ3v) is 4.10. The molecule has 1 aromatic carbocycles. The number of hydrogen-bond donors (Lipinski definition) is 1. The molecule has 0 spiro atoms. The van der Waals surface area contributed by atoms with Gasteiger partial charge in [-0.25, -0.2) is 0 Å². The maximum Gasteiger partial charge on any atom is 0.0609 e. The summed E-state index contributed by atoms with van der Waals surface area (Å²) >= 11 is 0. The highest BCUT2D eigenvalue weighted by Crippen LogP contribution is 2.40. The zero-order valence-corrected chi connectivity index (χ0v) is 10.3. The summed E-state index contributed by atoms with van der Waals surface area (Å²) in [5, 5.41) is 3.53. The average molecular weight is 231 g/mol. The molecular weight excluding hydrogens is 210 g/mol. The van der Waals surface area contributed by atoms with Gasteiger partial charge in [0.2, 0.25) is 0 Å². The van der Waals surface area contributed by atoms with Gasteiger partial charge >= 0.3 is 0 Å². The molecule has 3 atom stereocenters. The Kier molecular flexibility index (Phi) is 3.44. The highest BCUT2D eigenvalue weighted by molar-refractivity contribution is 5.14. The molecule has 2 saturated heterocycles. The van der Waals surface area contributed by atoms with Gasteiger partial charge in [-0.3, -0.25) is 0 Å². The SMILES string of the molecule is c1ccc(CNCCC2CC3CCC2O3)cc1. The largest absolute Gasteiger partial charge is 0.375 e. The van der Waals surface area contributed by atoms with Crippen molar-refractivity contribution in [2.75, 3.05) is 6.54 Å². The average Bonchev–Trinajstić information content (AvgIpc) is 2.98. The lowest BCUT2D eigenvalue weighted by Gasteiger charge is -2.18. The van der Waals surface area contributed by atoms with Crippen LogP contribution in [0.25, 0.3) is 0 Å². The monoisotopic (exact) mass is 231 g/mol. The van der Waals surface area contributed by atoms with E-state index in [0.717, 1.165) is 19.0 Å². The van der Waals surface area contributed by atoms with Gasteiger partial charge in [-0.1, -0.05) is 30.3 Å². The first-order valence-corrected chi connectivity index (χ1v) is 6.82. The van der Waals surface area contributed by atoms with Crippen LogP contribution in [0.3, 0.4) is 0 Å². The van der Waals surface area contributed by atoms with Crippen LogP contribution in [0.5, 0.6) is 0 Å². The van der Waals surface area contributed by atoms with Crippen LogP contribution in [-0.2, 0) is 11.3 Å². The molecule has 2 aliphatic heterocycles. The van der Waals surface area contributed by atoms with Crippen molar-refractivity contribution in [1.82, 2.24) is 5.32 Å². The van der Waals surface area contributed by atoms with Crippen LogP contribution in [0.15, 0.2) is 30.3 Å². The second-order valence-corrected chi connectivity index (χ2v) is 5.32. The van der Waals surface area contributed by atoms with Gasteiger partial charge in [0, 0.05) is 6.54 Å². The Morgan fingerprint density at radius 3 is 2.76 bits per heavy atom. The van der Waals surface area contributed by atoms with Crippen LogP contribution in [0.1, 0.15) is 31.2 Å². The summed E-state index contributed by atoms with van der Waals surface area (Å²) in [6.07, 6.45) is 6.36. The number of fused-ring (bicyclic) bond motifs is 2. The van der Waals surface area contributed by atoms with Gasteiger partial charge in [-0.05, 0) is 43.7 Å². The molecule has 2 nitrogen and oxygen atoms in total. The third kappa shape index (κ3) is 2.70. The Labute approximate surface area is 103 Å². The van der Waals surface area contributed by atoms with Crippen molar-refractivity contribution in [1.29, 1.82) is 0 Å². The number of benzene rings is 1. The second-order valence-electron chi connectivity index (χ2n) is 5.32. The maximum atomic E-state index is 5.87. The third-order valence-electron chi connectivity index (χ3n) is 4.10. The van der Waals surface area contributed by atoms with Gasteiger partial charge in [0.05, 0.1) is 12.2 Å². The van der Waals surface area contributed by atoms with E-state index in [1.165, 1.54) is 31.2 Å². The minimum absolute atomic E-state index is 0.582. The summed E-state index contributed by atoms with van der Waals surface area (Å²) in [5.41, 5.74) is 1.37. The van der Waals surface area contributed by atoms with Crippen molar-refractivity contribution in [3.63, 3.8) is 0 Å². The fraction of sp³-hybridized carbons (Fsp3) is 0.600. The lowest BCUT2D eigenvalue weighted by atomic mass is 9.87. The minimum atomic E-state index is 0.582. The fourth-order valence-corrected chi connectivity index (χ4v) is 3.16. The zero-order chi connectivity index (χ0) is 11.5. The van der Waals surface area contributed by atoms with Gasteiger partial charge in [-0.15, -0.1) is 0 Å². The zero-order valence-electron chi connectivity index (χ0n) is 10.3. The number of ether oxygens (including phenoxy) is 1. The minimum Gasteiger partial charge on any atom is -0.375 e. The molecule has 0 saturated carbocycles. The van der Waals surface area contributed by atoms with E-state index in [1.807, 2.05) is 0 Å². The second kappa shape index (κ2) is 5.19. The van der Waals surface area contributed by atoms with Crippen LogP contribution >= 0.6 is 0 Å². The fourth-order valence-electron chi connectivity index (χ4n) is 3.16. The smallest absolute Gasteiger partial charge is 0.0609 e. The van der Waals surface area contributed by atoms with Crippen LogP contribution in [0, 0.1) is 5.92 Å². The Morgan fingerprint density at radius 1 is 1.18 bits per heavy atom. The maximum absolute atomic E-state index is 5.87. The molecule has 0 radical (unpaired) electrons. The number of rotatable bonds is 5. The summed E-state index contributed by atoms with van der Waals surface area (Å²) < 4.78 is 5.87. The first-order valence-electron chi connectivity index (χ1n) is 6.82. The molecule has 1 aromatic rings. The Morgan fingerprint density at radius 2 is 2.06 bits per heavy atom. The van der Waals surface area contributed by atoms with Crippen molar-refractivity contribution in [2.45, 2.75) is 44.4 Å². The van der Waals surface area contributed by atoms with E-state index in [4.69, 9.17) is 4.74 Å². The van der Waals surface area contributed by atoms with Crippen LogP contribution in [0.2, 0.25) is 0 Å². The molecule has 3 rings (SSSR count). The molecule has 1 N–H and O–H groups in total. The summed E-state index contributed by atoms with van der Waals surface area (Å²) in [7, 11) is 0. The predicted molar refractivity (Wildman–Crippen MR) is 68.8 cm³/mol. The van der Waals surface area contributed by atoms with Crippen molar-refractivity contribution >= 4 is 0 Å². The summed E-state index contributed by atoms with van der Waals surface area (Å²) in [6.45, 7) is 2.11. The lowest BCUT2D eigenvalue weighted by molar-refractivity contribution is 0.0913. The van der Waals surface area contributed by atoms with Crippen LogP contribution in [-0.4, -0.2) is 18.8 Å². The summed E-state index contributed by atoms with van der Waals surface area (Å²) in [4.78, 5) is 0. The number of hydrogen-bond acceptors (Lipinski definition) is 2. The van der Waals surface area contributed by atoms with Crippen molar-refractivity contribution < 1.29 is 4.74 Å². The van der Waals surface area contributed by atoms with E-state index < -0.39 is 0 Å². The lowest BCUT2D eigenvalue weighted by Crippen LogP contribution is -2.23. The van der Waals surface area contributed by atoms with E-state index in [0.29, 0.717) is 12.2 Å². The Balaban J connectivity index is 1.36. The first-order chi connectivity index (χ1) is 8.42.